The molecular weight excluding hydrogens is 234 g/mol. The topological polar surface area (TPSA) is 56.2 Å². The zero-order valence-corrected chi connectivity index (χ0v) is 11.2. The van der Waals surface area contributed by atoms with Gasteiger partial charge in [-0.25, -0.2) is 0 Å². The van der Waals surface area contributed by atoms with Crippen LogP contribution in [0.3, 0.4) is 0 Å². The van der Waals surface area contributed by atoms with E-state index >= 15 is 0 Å². The highest BCUT2D eigenvalue weighted by atomic mass is 16.5. The quantitative estimate of drug-likeness (QED) is 0.663. The highest BCUT2D eigenvalue weighted by Gasteiger charge is 2.33. The van der Waals surface area contributed by atoms with E-state index in [-0.39, 0.29) is 12.0 Å². The van der Waals surface area contributed by atoms with E-state index < -0.39 is 6.10 Å². The maximum atomic E-state index is 12.1. The molecule has 6 nitrogen and oxygen atoms in total. The molecule has 6 heteroatoms. The van der Waals surface area contributed by atoms with E-state index in [1.807, 2.05) is 9.80 Å². The molecule has 1 N–H and O–H groups in total. The number of nitrogens with zero attached hydrogens (tertiary/aromatic N) is 3. The zero-order chi connectivity index (χ0) is 13.1. The second-order valence-corrected chi connectivity index (χ2v) is 5.22. The molecule has 0 aliphatic carbocycles. The highest BCUT2D eigenvalue weighted by Crippen LogP contribution is 2.13. The normalized spacial score (nSPS) is 30.9. The van der Waals surface area contributed by atoms with Crippen molar-refractivity contribution >= 4 is 5.91 Å². The third-order valence-corrected chi connectivity index (χ3v) is 3.83. The summed E-state index contributed by atoms with van der Waals surface area (Å²) >= 11 is 0. The summed E-state index contributed by atoms with van der Waals surface area (Å²) in [6.45, 7) is 5.04. The molecule has 2 saturated heterocycles. The molecule has 2 aliphatic heterocycles. The predicted molar refractivity (Wildman–Crippen MR) is 67.3 cm³/mol. The molecule has 0 radical (unpaired) electrons. The summed E-state index contributed by atoms with van der Waals surface area (Å²) in [6.07, 6.45) is -0.638. The van der Waals surface area contributed by atoms with E-state index in [9.17, 15) is 9.90 Å². The Kier molecular flexibility index (Phi) is 4.55. The lowest BCUT2D eigenvalue weighted by Crippen LogP contribution is -2.50. The summed E-state index contributed by atoms with van der Waals surface area (Å²) < 4.78 is 5.17. The van der Waals surface area contributed by atoms with Gasteiger partial charge in [-0.05, 0) is 7.05 Å². The van der Waals surface area contributed by atoms with Crippen LogP contribution in [0, 0.1) is 0 Å². The van der Waals surface area contributed by atoms with E-state index in [0.717, 1.165) is 26.2 Å². The maximum absolute atomic E-state index is 12.1. The smallest absolute Gasteiger partial charge is 0.236 e. The molecule has 0 unspecified atom stereocenters. The standard InChI is InChI=1S/C12H23N3O3/c1-13-3-5-15(6-4-13)12(17)9-14-7-10(16)11(8-14)18-2/h10-11,16H,3-9H2,1-2H3/t10-,11-/m0/s1. The number of ether oxygens (including phenoxy) is 1. The Morgan fingerprint density at radius 1 is 1.28 bits per heavy atom. The minimum atomic E-state index is -0.477. The molecule has 0 aromatic heterocycles. The molecule has 2 fully saturated rings. The largest absolute Gasteiger partial charge is 0.389 e. The summed E-state index contributed by atoms with van der Waals surface area (Å²) in [4.78, 5) is 18.2. The Labute approximate surface area is 108 Å². The molecule has 0 spiro atoms. The Balaban J connectivity index is 1.78. The van der Waals surface area contributed by atoms with Gasteiger partial charge in [-0.3, -0.25) is 9.69 Å². The molecule has 104 valence electrons. The molecule has 18 heavy (non-hydrogen) atoms. The van der Waals surface area contributed by atoms with E-state index in [1.54, 1.807) is 7.11 Å². The Hall–Kier alpha value is -0.690. The van der Waals surface area contributed by atoms with Crippen molar-refractivity contribution in [3.05, 3.63) is 0 Å². The number of hydrogen-bond acceptors (Lipinski definition) is 5. The van der Waals surface area contributed by atoms with Gasteiger partial charge in [0.15, 0.2) is 0 Å². The first kappa shape index (κ1) is 13.7. The van der Waals surface area contributed by atoms with Gasteiger partial charge in [0.2, 0.25) is 5.91 Å². The number of likely N-dealkylation sites (N-methyl/N-ethyl adjacent to an activating group) is 1. The average molecular weight is 257 g/mol. The van der Waals surface area contributed by atoms with Gasteiger partial charge in [0, 0.05) is 46.4 Å². The molecule has 2 rings (SSSR count). The first-order valence-corrected chi connectivity index (χ1v) is 6.49. The van der Waals surface area contributed by atoms with Crippen LogP contribution in [-0.2, 0) is 9.53 Å². The average Bonchev–Trinajstić information content (AvgIpc) is 2.70. The maximum Gasteiger partial charge on any atom is 0.236 e. The fraction of sp³-hybridized carbons (Fsp3) is 0.917. The Morgan fingerprint density at radius 2 is 1.94 bits per heavy atom. The van der Waals surface area contributed by atoms with Crippen molar-refractivity contribution in [2.75, 3.05) is 60.0 Å². The van der Waals surface area contributed by atoms with Crippen LogP contribution in [0.15, 0.2) is 0 Å². The summed E-state index contributed by atoms with van der Waals surface area (Å²) in [5.74, 6) is 0.159. The Morgan fingerprint density at radius 3 is 2.50 bits per heavy atom. The van der Waals surface area contributed by atoms with Gasteiger partial charge in [-0.2, -0.15) is 0 Å². The van der Waals surface area contributed by atoms with Crippen molar-refractivity contribution in [3.63, 3.8) is 0 Å². The third kappa shape index (κ3) is 3.20. The summed E-state index contributed by atoms with van der Waals surface area (Å²) in [5.41, 5.74) is 0. The van der Waals surface area contributed by atoms with Crippen molar-refractivity contribution in [2.45, 2.75) is 12.2 Å². The Bertz CT molecular complexity index is 292. The number of aliphatic hydroxyl groups excluding tert-OH is 1. The zero-order valence-electron chi connectivity index (χ0n) is 11.2. The number of aliphatic hydroxyl groups is 1. The molecule has 2 atom stereocenters. The van der Waals surface area contributed by atoms with Crippen LogP contribution in [0.4, 0.5) is 0 Å². The third-order valence-electron chi connectivity index (χ3n) is 3.83. The molecule has 0 aromatic carbocycles. The van der Waals surface area contributed by atoms with Gasteiger partial charge in [0.25, 0.3) is 0 Å². The van der Waals surface area contributed by atoms with Crippen molar-refractivity contribution in [2.24, 2.45) is 0 Å². The van der Waals surface area contributed by atoms with E-state index in [4.69, 9.17) is 4.74 Å². The second-order valence-electron chi connectivity index (χ2n) is 5.22. The number of hydrogen-bond donors (Lipinski definition) is 1. The number of piperazine rings is 1. The number of rotatable bonds is 3. The van der Waals surface area contributed by atoms with Crippen LogP contribution in [0.25, 0.3) is 0 Å². The highest BCUT2D eigenvalue weighted by molar-refractivity contribution is 5.78. The van der Waals surface area contributed by atoms with Crippen LogP contribution in [0.2, 0.25) is 0 Å². The van der Waals surface area contributed by atoms with Gasteiger partial charge in [0.1, 0.15) is 0 Å². The van der Waals surface area contributed by atoms with Gasteiger partial charge >= 0.3 is 0 Å². The second kappa shape index (κ2) is 5.97. The number of β-amino-alcohol motifs (C(OH)–C–C–N with tert-alkyl or cyclic N) is 1. The molecule has 0 saturated carbocycles. The van der Waals surface area contributed by atoms with Crippen LogP contribution in [0.1, 0.15) is 0 Å². The number of methoxy groups -OCH3 is 1. The SMILES string of the molecule is CO[C@H]1CN(CC(=O)N2CCN(C)CC2)C[C@@H]1O. The summed E-state index contributed by atoms with van der Waals surface area (Å²) in [6, 6.07) is 0. The predicted octanol–water partition coefficient (Wildman–Crippen LogP) is -1.55. The first-order valence-electron chi connectivity index (χ1n) is 6.49. The first-order chi connectivity index (χ1) is 8.60. The van der Waals surface area contributed by atoms with Crippen LogP contribution in [0.5, 0.6) is 0 Å². The minimum Gasteiger partial charge on any atom is -0.389 e. The van der Waals surface area contributed by atoms with Crippen molar-refractivity contribution in [1.82, 2.24) is 14.7 Å². The number of carbonyl (C=O) groups excluding carboxylic acids is 1. The summed E-state index contributed by atoms with van der Waals surface area (Å²) in [7, 11) is 3.67. The van der Waals surface area contributed by atoms with E-state index in [0.29, 0.717) is 19.6 Å². The molecule has 0 bridgehead atoms. The minimum absolute atomic E-state index is 0.159. The number of likely N-dealkylation sites (tertiary alicyclic amines) is 1. The summed E-state index contributed by atoms with van der Waals surface area (Å²) in [5, 5.41) is 9.72. The molecular formula is C12H23N3O3. The lowest BCUT2D eigenvalue weighted by molar-refractivity contribution is -0.133. The van der Waals surface area contributed by atoms with Gasteiger partial charge in [-0.15, -0.1) is 0 Å². The lowest BCUT2D eigenvalue weighted by atomic mass is 10.3. The van der Waals surface area contributed by atoms with E-state index in [1.165, 1.54) is 0 Å². The van der Waals surface area contributed by atoms with Crippen molar-refractivity contribution in [1.29, 1.82) is 0 Å². The van der Waals surface area contributed by atoms with Gasteiger partial charge in [0.05, 0.1) is 18.8 Å². The van der Waals surface area contributed by atoms with Crippen LogP contribution < -0.4 is 0 Å². The van der Waals surface area contributed by atoms with E-state index in [2.05, 4.69) is 11.9 Å². The fourth-order valence-corrected chi connectivity index (χ4v) is 2.54. The van der Waals surface area contributed by atoms with Gasteiger partial charge in [-0.1, -0.05) is 0 Å². The fourth-order valence-electron chi connectivity index (χ4n) is 2.54. The monoisotopic (exact) mass is 257 g/mol. The molecule has 2 heterocycles. The van der Waals surface area contributed by atoms with Crippen LogP contribution >= 0.6 is 0 Å². The van der Waals surface area contributed by atoms with Crippen molar-refractivity contribution in [3.8, 4) is 0 Å². The number of amides is 1. The molecule has 1 amide bonds. The van der Waals surface area contributed by atoms with Gasteiger partial charge < -0.3 is 19.6 Å². The van der Waals surface area contributed by atoms with Crippen LogP contribution in [-0.4, -0.2) is 97.9 Å². The number of carbonyl (C=O) groups is 1. The van der Waals surface area contributed by atoms with Crippen molar-refractivity contribution < 1.29 is 14.6 Å². The lowest BCUT2D eigenvalue weighted by Gasteiger charge is -2.33. The molecule has 2 aliphatic rings. The molecule has 0 aromatic rings.